The lowest BCUT2D eigenvalue weighted by Crippen LogP contribution is -2.67. The lowest BCUT2D eigenvalue weighted by atomic mass is 9.80. The molecular weight excluding hydrogens is 238 g/mol. The number of nitrogens with zero attached hydrogens (tertiary/aromatic N) is 2. The van der Waals surface area contributed by atoms with Crippen molar-refractivity contribution in [2.75, 3.05) is 19.6 Å². The normalized spacial score (nSPS) is 30.8. The largest absolute Gasteiger partial charge is 0.386 e. The molecular formula is C15H23N3O. The summed E-state index contributed by atoms with van der Waals surface area (Å²) in [5.74, 6) is 0.618. The van der Waals surface area contributed by atoms with Gasteiger partial charge in [-0.25, -0.2) is 0 Å². The monoisotopic (exact) mass is 261 g/mol. The van der Waals surface area contributed by atoms with E-state index >= 15 is 0 Å². The van der Waals surface area contributed by atoms with Gasteiger partial charge in [-0.1, -0.05) is 6.07 Å². The second-order valence-corrected chi connectivity index (χ2v) is 6.09. The van der Waals surface area contributed by atoms with Crippen LogP contribution in [-0.2, 0) is 0 Å². The van der Waals surface area contributed by atoms with Crippen molar-refractivity contribution in [2.24, 2.45) is 5.73 Å². The van der Waals surface area contributed by atoms with Gasteiger partial charge in [0.2, 0.25) is 0 Å². The van der Waals surface area contributed by atoms with Crippen LogP contribution in [0.5, 0.6) is 0 Å². The van der Waals surface area contributed by atoms with Crippen LogP contribution in [0, 0.1) is 0 Å². The molecule has 0 amide bonds. The minimum absolute atomic E-state index is 0.382. The number of pyridine rings is 1. The average molecular weight is 261 g/mol. The lowest BCUT2D eigenvalue weighted by molar-refractivity contribution is -0.113. The first-order valence-electron chi connectivity index (χ1n) is 7.28. The fourth-order valence-electron chi connectivity index (χ4n) is 3.45. The minimum Gasteiger partial charge on any atom is -0.386 e. The van der Waals surface area contributed by atoms with Crippen molar-refractivity contribution in [3.8, 4) is 0 Å². The molecule has 104 valence electrons. The fourth-order valence-corrected chi connectivity index (χ4v) is 3.45. The summed E-state index contributed by atoms with van der Waals surface area (Å²) in [5, 5.41) is 9.97. The van der Waals surface area contributed by atoms with E-state index in [2.05, 4.69) is 22.0 Å². The molecule has 1 aromatic heterocycles. The Bertz CT molecular complexity index is 409. The molecule has 3 rings (SSSR count). The predicted octanol–water partition coefficient (Wildman–Crippen LogP) is 1.11. The zero-order valence-corrected chi connectivity index (χ0v) is 11.3. The number of hydrogen-bond donors (Lipinski definition) is 2. The van der Waals surface area contributed by atoms with Gasteiger partial charge in [-0.15, -0.1) is 0 Å². The van der Waals surface area contributed by atoms with Gasteiger partial charge in [0.15, 0.2) is 0 Å². The van der Waals surface area contributed by atoms with Crippen LogP contribution < -0.4 is 5.73 Å². The highest BCUT2D eigenvalue weighted by Crippen LogP contribution is 2.36. The number of hydrogen-bond acceptors (Lipinski definition) is 4. The maximum Gasteiger partial charge on any atom is 0.102 e. The van der Waals surface area contributed by atoms with Crippen LogP contribution in [0.15, 0.2) is 24.4 Å². The quantitative estimate of drug-likeness (QED) is 0.855. The van der Waals surface area contributed by atoms with Gasteiger partial charge < -0.3 is 10.8 Å². The summed E-state index contributed by atoms with van der Waals surface area (Å²) in [6.07, 6.45) is 6.72. The molecule has 2 heterocycles. The maximum absolute atomic E-state index is 9.97. The summed E-state index contributed by atoms with van der Waals surface area (Å²) in [7, 11) is 0. The Kier molecular flexibility index (Phi) is 3.56. The molecule has 4 heteroatoms. The van der Waals surface area contributed by atoms with Gasteiger partial charge in [-0.05, 0) is 37.8 Å². The molecule has 0 atom stereocenters. The van der Waals surface area contributed by atoms with Crippen LogP contribution in [0.1, 0.15) is 37.3 Å². The van der Waals surface area contributed by atoms with E-state index in [1.165, 1.54) is 31.4 Å². The first-order chi connectivity index (χ1) is 9.20. The number of β-amino-alcohol motifs (C(OH)–C–C–N with tert-alkyl or cyclic N) is 1. The summed E-state index contributed by atoms with van der Waals surface area (Å²) in [4.78, 5) is 6.86. The van der Waals surface area contributed by atoms with E-state index in [0.29, 0.717) is 18.5 Å². The molecule has 0 bridgehead atoms. The van der Waals surface area contributed by atoms with Crippen LogP contribution in [0.4, 0.5) is 0 Å². The van der Waals surface area contributed by atoms with Crippen molar-refractivity contribution in [3.05, 3.63) is 30.1 Å². The number of nitrogens with two attached hydrogens (primary N) is 1. The van der Waals surface area contributed by atoms with Crippen LogP contribution in [-0.4, -0.2) is 46.3 Å². The van der Waals surface area contributed by atoms with Crippen molar-refractivity contribution in [1.82, 2.24) is 9.88 Å². The standard InChI is InChI=1S/C15H23N3O/c16-9-15(19)10-18(11-15)13-6-4-12(5-7-13)14-3-1-2-8-17-14/h1-3,8,12-13,19H,4-7,9-11,16H2. The Hall–Kier alpha value is -0.970. The topological polar surface area (TPSA) is 62.4 Å². The molecule has 2 aliphatic rings. The van der Waals surface area contributed by atoms with E-state index < -0.39 is 5.60 Å². The molecule has 0 radical (unpaired) electrons. The molecule has 1 aliphatic heterocycles. The van der Waals surface area contributed by atoms with Crippen LogP contribution in [0.2, 0.25) is 0 Å². The van der Waals surface area contributed by atoms with E-state index in [1.54, 1.807) is 0 Å². The summed E-state index contributed by atoms with van der Waals surface area (Å²) >= 11 is 0. The molecule has 1 aromatic rings. The molecule has 1 saturated heterocycles. The molecule has 2 fully saturated rings. The van der Waals surface area contributed by atoms with E-state index in [0.717, 1.165) is 13.1 Å². The number of aliphatic hydroxyl groups is 1. The fraction of sp³-hybridized carbons (Fsp3) is 0.667. The number of rotatable bonds is 3. The van der Waals surface area contributed by atoms with Crippen molar-refractivity contribution in [2.45, 2.75) is 43.2 Å². The third-order valence-corrected chi connectivity index (χ3v) is 4.69. The van der Waals surface area contributed by atoms with Crippen LogP contribution in [0.25, 0.3) is 0 Å². The smallest absolute Gasteiger partial charge is 0.102 e. The van der Waals surface area contributed by atoms with Crippen molar-refractivity contribution >= 4 is 0 Å². The third kappa shape index (κ3) is 2.66. The zero-order valence-electron chi connectivity index (χ0n) is 11.3. The highest BCUT2D eigenvalue weighted by Gasteiger charge is 2.43. The van der Waals surface area contributed by atoms with E-state index in [1.807, 2.05) is 12.3 Å². The van der Waals surface area contributed by atoms with Gasteiger partial charge in [0.1, 0.15) is 5.60 Å². The van der Waals surface area contributed by atoms with Gasteiger partial charge in [-0.2, -0.15) is 0 Å². The highest BCUT2D eigenvalue weighted by atomic mass is 16.3. The summed E-state index contributed by atoms with van der Waals surface area (Å²) in [5.41, 5.74) is 6.20. The first-order valence-corrected chi connectivity index (χ1v) is 7.28. The molecule has 3 N–H and O–H groups in total. The van der Waals surface area contributed by atoms with E-state index in [9.17, 15) is 5.11 Å². The predicted molar refractivity (Wildman–Crippen MR) is 74.8 cm³/mol. The van der Waals surface area contributed by atoms with Crippen LogP contribution >= 0.6 is 0 Å². The van der Waals surface area contributed by atoms with E-state index in [-0.39, 0.29) is 0 Å². The molecule has 0 spiro atoms. The molecule has 1 saturated carbocycles. The SMILES string of the molecule is NCC1(O)CN(C2CCC(c3ccccn3)CC2)C1. The third-order valence-electron chi connectivity index (χ3n) is 4.69. The Morgan fingerprint density at radius 2 is 2.00 bits per heavy atom. The first kappa shape index (κ1) is 13.0. The summed E-state index contributed by atoms with van der Waals surface area (Å²) in [6.45, 7) is 1.89. The molecule has 19 heavy (non-hydrogen) atoms. The lowest BCUT2D eigenvalue weighted by Gasteiger charge is -2.51. The molecule has 0 unspecified atom stereocenters. The zero-order chi connectivity index (χ0) is 13.3. The van der Waals surface area contributed by atoms with Crippen LogP contribution in [0.3, 0.4) is 0 Å². The Morgan fingerprint density at radius 3 is 2.58 bits per heavy atom. The van der Waals surface area contributed by atoms with Crippen molar-refractivity contribution in [3.63, 3.8) is 0 Å². The van der Waals surface area contributed by atoms with Gasteiger partial charge >= 0.3 is 0 Å². The van der Waals surface area contributed by atoms with Gasteiger partial charge in [0, 0.05) is 43.5 Å². The maximum atomic E-state index is 9.97. The van der Waals surface area contributed by atoms with Gasteiger partial charge in [0.05, 0.1) is 0 Å². The number of aromatic nitrogens is 1. The Morgan fingerprint density at radius 1 is 1.26 bits per heavy atom. The van der Waals surface area contributed by atoms with E-state index in [4.69, 9.17) is 5.73 Å². The Balaban J connectivity index is 1.51. The average Bonchev–Trinajstić information content (AvgIpc) is 2.45. The van der Waals surface area contributed by atoms with Gasteiger partial charge in [-0.3, -0.25) is 9.88 Å². The van der Waals surface area contributed by atoms with Gasteiger partial charge in [0.25, 0.3) is 0 Å². The number of likely N-dealkylation sites (tertiary alicyclic amines) is 1. The minimum atomic E-state index is -0.613. The second-order valence-electron chi connectivity index (χ2n) is 6.09. The molecule has 0 aromatic carbocycles. The molecule has 1 aliphatic carbocycles. The molecule has 4 nitrogen and oxygen atoms in total. The summed E-state index contributed by atoms with van der Waals surface area (Å²) < 4.78 is 0. The summed E-state index contributed by atoms with van der Waals surface area (Å²) in [6, 6.07) is 6.82. The van der Waals surface area contributed by atoms with Crippen molar-refractivity contribution in [1.29, 1.82) is 0 Å². The Labute approximate surface area is 114 Å². The highest BCUT2D eigenvalue weighted by molar-refractivity contribution is 5.11. The van der Waals surface area contributed by atoms with Crippen molar-refractivity contribution < 1.29 is 5.11 Å². The second kappa shape index (κ2) is 5.19.